The lowest BCUT2D eigenvalue weighted by atomic mass is 10.1. The molecule has 0 saturated heterocycles. The Bertz CT molecular complexity index is 606. The molecule has 0 aliphatic carbocycles. The Morgan fingerprint density at radius 1 is 1.30 bits per heavy atom. The highest BCUT2D eigenvalue weighted by molar-refractivity contribution is 9.10. The van der Waals surface area contributed by atoms with Crippen LogP contribution in [0.5, 0.6) is 0 Å². The summed E-state index contributed by atoms with van der Waals surface area (Å²) in [5, 5.41) is 0. The number of amides is 1. The fourth-order valence-corrected chi connectivity index (χ4v) is 3.18. The lowest BCUT2D eigenvalue weighted by molar-refractivity contribution is -0.132. The van der Waals surface area contributed by atoms with Crippen LogP contribution < -0.4 is 0 Å². The zero-order chi connectivity index (χ0) is 13.9. The second kappa shape index (κ2) is 5.83. The van der Waals surface area contributed by atoms with E-state index in [4.69, 9.17) is 0 Å². The number of H-pyrrole nitrogens is 1. The SMILES string of the molecule is O=C(CCc1ccccc1)N1CCc2[nH]c(Br)cc2C1. The molecule has 1 aliphatic rings. The van der Waals surface area contributed by atoms with Crippen LogP contribution in [0.4, 0.5) is 0 Å². The number of nitrogens with zero attached hydrogens (tertiary/aromatic N) is 1. The molecule has 0 unspecified atom stereocenters. The van der Waals surface area contributed by atoms with Crippen LogP contribution in [0, 0.1) is 0 Å². The smallest absolute Gasteiger partial charge is 0.223 e. The van der Waals surface area contributed by atoms with Gasteiger partial charge in [0.05, 0.1) is 4.60 Å². The highest BCUT2D eigenvalue weighted by Gasteiger charge is 2.21. The van der Waals surface area contributed by atoms with E-state index in [1.165, 1.54) is 16.8 Å². The van der Waals surface area contributed by atoms with Crippen molar-refractivity contribution in [2.45, 2.75) is 25.8 Å². The van der Waals surface area contributed by atoms with Crippen LogP contribution in [0.15, 0.2) is 41.0 Å². The highest BCUT2D eigenvalue weighted by atomic mass is 79.9. The number of fused-ring (bicyclic) bond motifs is 1. The van der Waals surface area contributed by atoms with Crippen LogP contribution >= 0.6 is 15.9 Å². The van der Waals surface area contributed by atoms with Crippen LogP contribution in [0.3, 0.4) is 0 Å². The van der Waals surface area contributed by atoms with Crippen molar-refractivity contribution in [1.82, 2.24) is 9.88 Å². The minimum Gasteiger partial charge on any atom is -0.353 e. The number of benzene rings is 1. The minimum absolute atomic E-state index is 0.247. The van der Waals surface area contributed by atoms with E-state index in [1.54, 1.807) is 0 Å². The van der Waals surface area contributed by atoms with E-state index < -0.39 is 0 Å². The highest BCUT2D eigenvalue weighted by Crippen LogP contribution is 2.23. The maximum Gasteiger partial charge on any atom is 0.223 e. The van der Waals surface area contributed by atoms with Gasteiger partial charge in [0, 0.05) is 31.6 Å². The van der Waals surface area contributed by atoms with Crippen LogP contribution in [-0.4, -0.2) is 22.3 Å². The molecule has 1 aromatic carbocycles. The number of aryl methyl sites for hydroxylation is 1. The first-order valence-electron chi connectivity index (χ1n) is 6.90. The largest absolute Gasteiger partial charge is 0.353 e. The fourth-order valence-electron chi connectivity index (χ4n) is 2.66. The van der Waals surface area contributed by atoms with E-state index in [0.29, 0.717) is 6.42 Å². The van der Waals surface area contributed by atoms with Crippen molar-refractivity contribution in [2.24, 2.45) is 0 Å². The summed E-state index contributed by atoms with van der Waals surface area (Å²) in [5.41, 5.74) is 3.71. The van der Waals surface area contributed by atoms with Crippen molar-refractivity contribution in [2.75, 3.05) is 6.54 Å². The summed E-state index contributed by atoms with van der Waals surface area (Å²) < 4.78 is 1.00. The lowest BCUT2D eigenvalue weighted by Gasteiger charge is -2.27. The van der Waals surface area contributed by atoms with Crippen molar-refractivity contribution in [1.29, 1.82) is 0 Å². The molecule has 3 rings (SSSR count). The summed E-state index contributed by atoms with van der Waals surface area (Å²) >= 11 is 3.45. The number of hydrogen-bond acceptors (Lipinski definition) is 1. The Morgan fingerprint density at radius 3 is 2.90 bits per heavy atom. The molecule has 20 heavy (non-hydrogen) atoms. The number of aromatic nitrogens is 1. The van der Waals surface area contributed by atoms with Gasteiger partial charge >= 0.3 is 0 Å². The van der Waals surface area contributed by atoms with Crippen molar-refractivity contribution in [3.63, 3.8) is 0 Å². The van der Waals surface area contributed by atoms with Gasteiger partial charge in [-0.1, -0.05) is 30.3 Å². The van der Waals surface area contributed by atoms with Crippen LogP contribution in [0.2, 0.25) is 0 Å². The summed E-state index contributed by atoms with van der Waals surface area (Å²) in [6.07, 6.45) is 2.32. The molecule has 0 bridgehead atoms. The molecule has 2 aromatic rings. The van der Waals surface area contributed by atoms with Gasteiger partial charge in [0.15, 0.2) is 0 Å². The van der Waals surface area contributed by atoms with E-state index in [-0.39, 0.29) is 5.91 Å². The van der Waals surface area contributed by atoms with Crippen molar-refractivity contribution < 1.29 is 4.79 Å². The minimum atomic E-state index is 0.247. The van der Waals surface area contributed by atoms with Crippen molar-refractivity contribution in [3.05, 3.63) is 57.8 Å². The second-order valence-corrected chi connectivity index (χ2v) is 6.03. The molecule has 0 saturated carbocycles. The maximum atomic E-state index is 12.3. The average molecular weight is 333 g/mol. The molecule has 0 fully saturated rings. The number of nitrogens with one attached hydrogen (secondary N) is 1. The molecule has 1 amide bonds. The van der Waals surface area contributed by atoms with Gasteiger partial charge in [-0.2, -0.15) is 0 Å². The Hall–Kier alpha value is -1.55. The monoisotopic (exact) mass is 332 g/mol. The molecule has 0 atom stereocenters. The summed E-state index contributed by atoms with van der Waals surface area (Å²) in [4.78, 5) is 17.5. The lowest BCUT2D eigenvalue weighted by Crippen LogP contribution is -2.35. The molecule has 0 radical (unpaired) electrons. The molecule has 1 aliphatic heterocycles. The van der Waals surface area contributed by atoms with Gasteiger partial charge < -0.3 is 9.88 Å². The molecular weight excluding hydrogens is 316 g/mol. The Kier molecular flexibility index (Phi) is 3.92. The molecule has 104 valence electrons. The zero-order valence-electron chi connectivity index (χ0n) is 11.2. The Labute approximate surface area is 127 Å². The molecule has 2 heterocycles. The van der Waals surface area contributed by atoms with Gasteiger partial charge in [0.25, 0.3) is 0 Å². The number of aromatic amines is 1. The average Bonchev–Trinajstić information content (AvgIpc) is 2.85. The summed E-state index contributed by atoms with van der Waals surface area (Å²) in [5.74, 6) is 0.247. The Morgan fingerprint density at radius 2 is 2.10 bits per heavy atom. The topological polar surface area (TPSA) is 36.1 Å². The molecule has 1 N–H and O–H groups in total. The number of rotatable bonds is 3. The number of carbonyl (C=O) groups is 1. The predicted octanol–water partition coefficient (Wildman–Crippen LogP) is 3.29. The van der Waals surface area contributed by atoms with E-state index in [1.807, 2.05) is 23.1 Å². The molecule has 1 aromatic heterocycles. The first-order chi connectivity index (χ1) is 9.72. The van der Waals surface area contributed by atoms with Gasteiger partial charge in [-0.15, -0.1) is 0 Å². The van der Waals surface area contributed by atoms with Gasteiger partial charge in [-0.05, 0) is 39.5 Å². The molecule has 0 spiro atoms. The first-order valence-corrected chi connectivity index (χ1v) is 7.69. The third-order valence-corrected chi connectivity index (χ3v) is 4.20. The Balaban J connectivity index is 1.59. The van der Waals surface area contributed by atoms with Gasteiger partial charge in [0.2, 0.25) is 5.91 Å². The standard InChI is InChI=1S/C16H17BrN2O/c17-15-10-13-11-19(9-8-14(13)18-15)16(20)7-6-12-4-2-1-3-5-12/h1-5,10,18H,6-9,11H2. The number of carbonyl (C=O) groups excluding carboxylic acids is 1. The predicted molar refractivity (Wildman–Crippen MR) is 82.4 cm³/mol. The normalized spacial score (nSPS) is 14.2. The third kappa shape index (κ3) is 2.96. The molecule has 3 nitrogen and oxygen atoms in total. The van der Waals surface area contributed by atoms with Gasteiger partial charge in [-0.25, -0.2) is 0 Å². The zero-order valence-corrected chi connectivity index (χ0v) is 12.8. The number of halogens is 1. The fraction of sp³-hybridized carbons (Fsp3) is 0.312. The number of hydrogen-bond donors (Lipinski definition) is 1. The van der Waals surface area contributed by atoms with E-state index in [9.17, 15) is 4.79 Å². The van der Waals surface area contributed by atoms with Crippen LogP contribution in [0.25, 0.3) is 0 Å². The van der Waals surface area contributed by atoms with Gasteiger partial charge in [0.1, 0.15) is 0 Å². The van der Waals surface area contributed by atoms with Crippen LogP contribution in [0.1, 0.15) is 23.2 Å². The van der Waals surface area contributed by atoms with Crippen molar-refractivity contribution >= 4 is 21.8 Å². The third-order valence-electron chi connectivity index (χ3n) is 3.77. The van der Waals surface area contributed by atoms with E-state index in [0.717, 1.165) is 30.5 Å². The second-order valence-electron chi connectivity index (χ2n) is 5.17. The van der Waals surface area contributed by atoms with E-state index >= 15 is 0 Å². The summed E-state index contributed by atoms with van der Waals surface area (Å²) in [6.45, 7) is 1.54. The summed E-state index contributed by atoms with van der Waals surface area (Å²) in [7, 11) is 0. The van der Waals surface area contributed by atoms with Crippen molar-refractivity contribution in [3.8, 4) is 0 Å². The first kappa shape index (κ1) is 13.4. The van der Waals surface area contributed by atoms with E-state index in [2.05, 4.69) is 39.1 Å². The quantitative estimate of drug-likeness (QED) is 0.919. The van der Waals surface area contributed by atoms with Gasteiger partial charge in [-0.3, -0.25) is 4.79 Å². The maximum absolute atomic E-state index is 12.3. The van der Waals surface area contributed by atoms with Crippen LogP contribution in [-0.2, 0) is 24.2 Å². The summed E-state index contributed by atoms with van der Waals surface area (Å²) in [6, 6.07) is 12.3. The molecule has 4 heteroatoms. The molecular formula is C16H17BrN2O.